The third-order valence-electron chi connectivity index (χ3n) is 7.09. The molecule has 4 rings (SSSR count). The normalized spacial score (nSPS) is 12.1. The Morgan fingerprint density at radius 2 is 1.44 bits per heavy atom. The highest BCUT2D eigenvalue weighted by atomic mass is 35.5. The number of nitrogens with one attached hydrogen (secondary N) is 1. The zero-order chi connectivity index (χ0) is 32.7. The van der Waals surface area contributed by atoms with E-state index in [1.54, 1.807) is 55.5 Å². The topological polar surface area (TPSA) is 86.8 Å². The summed E-state index contributed by atoms with van der Waals surface area (Å²) in [7, 11) is -4.24. The van der Waals surface area contributed by atoms with Crippen LogP contribution in [0, 0.1) is 6.92 Å². The molecule has 236 valence electrons. The molecule has 0 saturated carbocycles. The number of aryl methyl sites for hydroxylation is 1. The van der Waals surface area contributed by atoms with Crippen molar-refractivity contribution >= 4 is 62.3 Å². The van der Waals surface area contributed by atoms with Crippen LogP contribution in [0.4, 0.5) is 5.69 Å². The first kappa shape index (κ1) is 34.3. The van der Waals surface area contributed by atoms with Crippen LogP contribution in [0.3, 0.4) is 0 Å². The summed E-state index contributed by atoms with van der Waals surface area (Å²) in [6.07, 6.45) is 0.189. The van der Waals surface area contributed by atoms with E-state index in [2.05, 4.69) is 5.32 Å². The van der Waals surface area contributed by atoms with E-state index in [1.807, 2.05) is 44.2 Å². The van der Waals surface area contributed by atoms with Gasteiger partial charge in [-0.3, -0.25) is 13.9 Å². The SMILES string of the molecule is Cc1ccc(Cl)cc1N(CC(=O)N(Cc1ccc(Cl)c(Cl)c1)C(Cc1ccccc1)C(=O)NC(C)C)S(=O)(=O)c1ccccc1. The van der Waals surface area contributed by atoms with Gasteiger partial charge in [0.1, 0.15) is 12.6 Å². The fourth-order valence-corrected chi connectivity index (χ4v) is 6.83. The lowest BCUT2D eigenvalue weighted by molar-refractivity contribution is -0.140. The van der Waals surface area contributed by atoms with Gasteiger partial charge in [-0.2, -0.15) is 0 Å². The predicted octanol–water partition coefficient (Wildman–Crippen LogP) is 7.32. The number of carbonyl (C=O) groups is 2. The first-order chi connectivity index (χ1) is 21.4. The van der Waals surface area contributed by atoms with Crippen molar-refractivity contribution in [1.82, 2.24) is 10.2 Å². The highest BCUT2D eigenvalue weighted by Gasteiger charge is 2.35. The first-order valence-corrected chi connectivity index (χ1v) is 16.9. The van der Waals surface area contributed by atoms with Crippen molar-refractivity contribution in [3.8, 4) is 0 Å². The average molecular weight is 687 g/mol. The third-order valence-corrected chi connectivity index (χ3v) is 9.84. The summed E-state index contributed by atoms with van der Waals surface area (Å²) in [6, 6.07) is 25.8. The minimum Gasteiger partial charge on any atom is -0.352 e. The second-order valence-electron chi connectivity index (χ2n) is 10.9. The molecule has 4 aromatic rings. The number of hydrogen-bond acceptors (Lipinski definition) is 4. The lowest BCUT2D eigenvalue weighted by atomic mass is 10.0. The second kappa shape index (κ2) is 15.1. The van der Waals surface area contributed by atoms with Gasteiger partial charge in [0.05, 0.1) is 20.6 Å². The summed E-state index contributed by atoms with van der Waals surface area (Å²) in [4.78, 5) is 29.7. The van der Waals surface area contributed by atoms with Crippen LogP contribution in [-0.4, -0.2) is 43.8 Å². The van der Waals surface area contributed by atoms with Crippen LogP contribution in [0.25, 0.3) is 0 Å². The van der Waals surface area contributed by atoms with Crippen LogP contribution < -0.4 is 9.62 Å². The van der Waals surface area contributed by atoms with Crippen LogP contribution in [0.2, 0.25) is 15.1 Å². The maximum absolute atomic E-state index is 14.5. The average Bonchev–Trinajstić information content (AvgIpc) is 3.01. The van der Waals surface area contributed by atoms with Gasteiger partial charge >= 0.3 is 0 Å². The molecular formula is C34H34Cl3N3O4S. The summed E-state index contributed by atoms with van der Waals surface area (Å²) >= 11 is 18.8. The zero-order valence-corrected chi connectivity index (χ0v) is 28.2. The largest absolute Gasteiger partial charge is 0.352 e. The third kappa shape index (κ3) is 8.79. The highest BCUT2D eigenvalue weighted by Crippen LogP contribution is 2.30. The molecule has 0 spiro atoms. The van der Waals surface area contributed by atoms with Crippen molar-refractivity contribution in [3.05, 3.63) is 129 Å². The van der Waals surface area contributed by atoms with Gasteiger partial charge in [0, 0.05) is 24.0 Å². The van der Waals surface area contributed by atoms with Crippen LogP contribution in [-0.2, 0) is 32.6 Å². The molecule has 0 aliphatic rings. The van der Waals surface area contributed by atoms with Crippen molar-refractivity contribution in [1.29, 1.82) is 0 Å². The van der Waals surface area contributed by atoms with Gasteiger partial charge in [-0.15, -0.1) is 0 Å². The Labute approximate surface area is 279 Å². The maximum atomic E-state index is 14.5. The molecule has 0 fully saturated rings. The Kier molecular flexibility index (Phi) is 11.6. The second-order valence-corrected chi connectivity index (χ2v) is 14.0. The van der Waals surface area contributed by atoms with Gasteiger partial charge in [0.25, 0.3) is 10.0 Å². The molecule has 2 amide bonds. The van der Waals surface area contributed by atoms with Gasteiger partial charge in [-0.1, -0.05) is 95.5 Å². The highest BCUT2D eigenvalue weighted by molar-refractivity contribution is 7.92. The minimum atomic E-state index is -4.24. The lowest BCUT2D eigenvalue weighted by Crippen LogP contribution is -2.54. The molecule has 4 aromatic carbocycles. The van der Waals surface area contributed by atoms with Crippen molar-refractivity contribution in [2.75, 3.05) is 10.8 Å². The molecule has 11 heteroatoms. The zero-order valence-electron chi connectivity index (χ0n) is 25.1. The van der Waals surface area contributed by atoms with E-state index in [4.69, 9.17) is 34.8 Å². The Morgan fingerprint density at radius 3 is 2.07 bits per heavy atom. The molecule has 0 radical (unpaired) electrons. The molecule has 0 saturated heterocycles. The number of sulfonamides is 1. The molecule has 0 aromatic heterocycles. The summed E-state index contributed by atoms with van der Waals surface area (Å²) in [6.45, 7) is 4.77. The van der Waals surface area contributed by atoms with E-state index in [0.29, 0.717) is 21.2 Å². The number of hydrogen-bond donors (Lipinski definition) is 1. The molecule has 0 aliphatic carbocycles. The van der Waals surface area contributed by atoms with Crippen LogP contribution in [0.15, 0.2) is 102 Å². The van der Waals surface area contributed by atoms with Gasteiger partial charge in [0.2, 0.25) is 11.8 Å². The molecule has 1 unspecified atom stereocenters. The van der Waals surface area contributed by atoms with Gasteiger partial charge in [0.15, 0.2) is 0 Å². The molecule has 7 nitrogen and oxygen atoms in total. The summed E-state index contributed by atoms with van der Waals surface area (Å²) in [5, 5.41) is 3.87. The Morgan fingerprint density at radius 1 is 0.800 bits per heavy atom. The summed E-state index contributed by atoms with van der Waals surface area (Å²) < 4.78 is 29.3. The Hall–Kier alpha value is -3.56. The lowest BCUT2D eigenvalue weighted by Gasteiger charge is -2.34. The molecule has 0 bridgehead atoms. The summed E-state index contributed by atoms with van der Waals surface area (Å²) in [5.41, 5.74) is 2.29. The van der Waals surface area contributed by atoms with Crippen LogP contribution >= 0.6 is 34.8 Å². The van der Waals surface area contributed by atoms with Crippen molar-refractivity contribution in [2.45, 2.75) is 50.7 Å². The standard InChI is InChI=1S/C34H34Cl3N3O4S/c1-23(2)38-34(42)32(19-25-10-6-4-7-11-25)39(21-26-15-17-29(36)30(37)18-26)33(41)22-40(31-20-27(35)16-14-24(31)3)45(43,44)28-12-8-5-9-13-28/h4-18,20,23,32H,19,21-22H2,1-3H3,(H,38,42). The maximum Gasteiger partial charge on any atom is 0.264 e. The number of amides is 2. The smallest absolute Gasteiger partial charge is 0.264 e. The monoisotopic (exact) mass is 685 g/mol. The van der Waals surface area contributed by atoms with Crippen molar-refractivity contribution in [3.63, 3.8) is 0 Å². The molecule has 45 heavy (non-hydrogen) atoms. The van der Waals surface area contributed by atoms with Crippen molar-refractivity contribution < 1.29 is 18.0 Å². The number of rotatable bonds is 12. The molecule has 0 heterocycles. The van der Waals surface area contributed by atoms with E-state index in [-0.39, 0.29) is 40.5 Å². The Balaban J connectivity index is 1.84. The first-order valence-electron chi connectivity index (χ1n) is 14.3. The van der Waals surface area contributed by atoms with Gasteiger partial charge < -0.3 is 10.2 Å². The molecule has 0 aliphatic heterocycles. The number of benzene rings is 4. The van der Waals surface area contributed by atoms with Gasteiger partial charge in [-0.25, -0.2) is 8.42 Å². The van der Waals surface area contributed by atoms with E-state index in [0.717, 1.165) is 9.87 Å². The summed E-state index contributed by atoms with van der Waals surface area (Å²) in [5.74, 6) is -0.974. The fraction of sp³-hybridized carbons (Fsp3) is 0.235. The van der Waals surface area contributed by atoms with Crippen LogP contribution in [0.1, 0.15) is 30.5 Å². The van der Waals surface area contributed by atoms with E-state index < -0.39 is 28.5 Å². The van der Waals surface area contributed by atoms with E-state index >= 15 is 0 Å². The number of anilines is 1. The molecule has 1 atom stereocenters. The predicted molar refractivity (Wildman–Crippen MR) is 181 cm³/mol. The van der Waals surface area contributed by atoms with Gasteiger partial charge in [-0.05, 0) is 73.9 Å². The molecule has 1 N–H and O–H groups in total. The number of carbonyl (C=O) groups excluding carboxylic acids is 2. The Bertz CT molecular complexity index is 1750. The van der Waals surface area contributed by atoms with E-state index in [1.165, 1.54) is 23.1 Å². The minimum absolute atomic E-state index is 0.00611. The number of halogens is 3. The van der Waals surface area contributed by atoms with E-state index in [9.17, 15) is 18.0 Å². The van der Waals surface area contributed by atoms with Crippen LogP contribution in [0.5, 0.6) is 0 Å². The molecular weight excluding hydrogens is 653 g/mol. The quantitative estimate of drug-likeness (QED) is 0.169. The fourth-order valence-electron chi connectivity index (χ4n) is 4.85. The number of nitrogens with zero attached hydrogens (tertiary/aromatic N) is 2. The van der Waals surface area contributed by atoms with Crippen molar-refractivity contribution in [2.24, 2.45) is 0 Å².